The number of pyridine rings is 2. The van der Waals surface area contributed by atoms with Crippen molar-refractivity contribution in [2.75, 3.05) is 25.0 Å². The molecule has 2 aliphatic heterocycles. The van der Waals surface area contributed by atoms with Crippen molar-refractivity contribution in [3.8, 4) is 0 Å². The minimum absolute atomic E-state index is 0.000403. The van der Waals surface area contributed by atoms with Gasteiger partial charge >= 0.3 is 24.3 Å². The number of carbonyl (C=O) groups excluding carboxylic acids is 1. The van der Waals surface area contributed by atoms with Crippen molar-refractivity contribution in [3.63, 3.8) is 0 Å². The average Bonchev–Trinajstić information content (AvgIpc) is 3.26. The van der Waals surface area contributed by atoms with Crippen LogP contribution in [0.3, 0.4) is 0 Å². The lowest BCUT2D eigenvalue weighted by molar-refractivity contribution is -0.193. The summed E-state index contributed by atoms with van der Waals surface area (Å²) >= 11 is 0. The van der Waals surface area contributed by atoms with E-state index in [9.17, 15) is 31.1 Å². The maximum absolute atomic E-state index is 12.3. The van der Waals surface area contributed by atoms with Gasteiger partial charge in [0.15, 0.2) is 0 Å². The third-order valence-corrected chi connectivity index (χ3v) is 5.81. The molecular weight excluding hydrogens is 554 g/mol. The lowest BCUT2D eigenvalue weighted by atomic mass is 9.83. The van der Waals surface area contributed by atoms with Gasteiger partial charge in [-0.3, -0.25) is 19.7 Å². The zero-order chi connectivity index (χ0) is 29.9. The van der Waals surface area contributed by atoms with Crippen LogP contribution in [-0.4, -0.2) is 81.1 Å². The van der Waals surface area contributed by atoms with Crippen LogP contribution in [0.5, 0.6) is 0 Å². The number of hydrogen-bond donors (Lipinski definition) is 3. The van der Waals surface area contributed by atoms with Gasteiger partial charge in [0.05, 0.1) is 36.7 Å². The third-order valence-electron chi connectivity index (χ3n) is 5.81. The van der Waals surface area contributed by atoms with Crippen LogP contribution < -0.4 is 5.32 Å². The standard InChI is InChI=1S/C20H24N4O2.2C2HF3O2/c25-20(23-16-5-3-7-21-11-16)10-19-18-6-9-24(12-15(18)14-26-19)13-17-4-1-2-8-22-17;2*3-2(4,5)1(6)7/h1-5,7-8,11,15,18-19H,6,9-10,12-14H2,(H,23,25);2*(H,6,7)/t15-,18-,19+;;/m1../s1. The van der Waals surface area contributed by atoms with Crippen LogP contribution in [0.15, 0.2) is 48.9 Å². The van der Waals surface area contributed by atoms with Crippen molar-refractivity contribution in [1.82, 2.24) is 14.9 Å². The molecule has 2 fully saturated rings. The topological polar surface area (TPSA) is 142 Å². The van der Waals surface area contributed by atoms with Crippen LogP contribution in [0.1, 0.15) is 18.5 Å². The molecular formula is C24H26F6N4O6. The quantitative estimate of drug-likeness (QED) is 0.452. The van der Waals surface area contributed by atoms with Crippen LogP contribution in [-0.2, 0) is 25.7 Å². The predicted octanol–water partition coefficient (Wildman–Crippen LogP) is 3.61. The Bertz CT molecular complexity index is 1080. The number of piperidine rings is 1. The molecule has 2 aliphatic rings. The molecule has 4 heterocycles. The zero-order valence-corrected chi connectivity index (χ0v) is 20.7. The second kappa shape index (κ2) is 14.6. The maximum atomic E-state index is 12.3. The average molecular weight is 580 g/mol. The monoisotopic (exact) mass is 580 g/mol. The van der Waals surface area contributed by atoms with E-state index < -0.39 is 24.3 Å². The van der Waals surface area contributed by atoms with Gasteiger partial charge in [0.25, 0.3) is 0 Å². The Kier molecular flexibility index (Phi) is 11.8. The first-order chi connectivity index (χ1) is 18.7. The van der Waals surface area contributed by atoms with E-state index in [4.69, 9.17) is 24.5 Å². The molecule has 1 amide bonds. The van der Waals surface area contributed by atoms with E-state index in [0.29, 0.717) is 18.3 Å². The van der Waals surface area contributed by atoms with Crippen molar-refractivity contribution in [2.24, 2.45) is 11.8 Å². The first-order valence-electron chi connectivity index (χ1n) is 11.7. The fourth-order valence-electron chi connectivity index (χ4n) is 4.07. The highest BCUT2D eigenvalue weighted by Crippen LogP contribution is 2.36. The Morgan fingerprint density at radius 3 is 2.17 bits per heavy atom. The number of carboxylic acid groups (broad SMARTS) is 2. The van der Waals surface area contributed by atoms with Gasteiger partial charge in [0.2, 0.25) is 5.91 Å². The summed E-state index contributed by atoms with van der Waals surface area (Å²) in [7, 11) is 0. The number of nitrogens with zero attached hydrogens (tertiary/aromatic N) is 3. The molecule has 2 aromatic rings. The van der Waals surface area contributed by atoms with E-state index in [-0.39, 0.29) is 12.0 Å². The van der Waals surface area contributed by atoms with Crippen LogP contribution >= 0.6 is 0 Å². The molecule has 10 nitrogen and oxygen atoms in total. The number of likely N-dealkylation sites (tertiary alicyclic amines) is 1. The second-order valence-corrected chi connectivity index (χ2v) is 8.74. The molecule has 0 spiro atoms. The molecule has 3 N–H and O–H groups in total. The fraction of sp³-hybridized carbons (Fsp3) is 0.458. The molecule has 0 saturated carbocycles. The van der Waals surface area contributed by atoms with Crippen LogP contribution in [0, 0.1) is 11.8 Å². The minimum atomic E-state index is -5.08. The lowest BCUT2D eigenvalue weighted by Gasteiger charge is -2.35. The highest BCUT2D eigenvalue weighted by Gasteiger charge is 2.41. The van der Waals surface area contributed by atoms with Gasteiger partial charge in [-0.25, -0.2) is 9.59 Å². The van der Waals surface area contributed by atoms with Crippen LogP contribution in [0.25, 0.3) is 0 Å². The predicted molar refractivity (Wildman–Crippen MR) is 126 cm³/mol. The molecule has 0 bridgehead atoms. The number of hydrogen-bond acceptors (Lipinski definition) is 7. The summed E-state index contributed by atoms with van der Waals surface area (Å²) in [6.07, 6.45) is -3.46. The largest absolute Gasteiger partial charge is 0.490 e. The van der Waals surface area contributed by atoms with E-state index in [1.807, 2.05) is 30.5 Å². The fourth-order valence-corrected chi connectivity index (χ4v) is 4.07. The summed E-state index contributed by atoms with van der Waals surface area (Å²) in [4.78, 5) is 41.0. The number of nitrogens with one attached hydrogen (secondary N) is 1. The highest BCUT2D eigenvalue weighted by atomic mass is 19.4. The lowest BCUT2D eigenvalue weighted by Crippen LogP contribution is -2.41. The van der Waals surface area contributed by atoms with Gasteiger partial charge in [-0.1, -0.05) is 6.07 Å². The number of halogens is 6. The van der Waals surface area contributed by atoms with Gasteiger partial charge < -0.3 is 20.3 Å². The molecule has 0 unspecified atom stereocenters. The summed E-state index contributed by atoms with van der Waals surface area (Å²) in [5, 5.41) is 17.2. The number of carboxylic acids is 2. The molecule has 0 radical (unpaired) electrons. The molecule has 3 atom stereocenters. The number of aromatic nitrogens is 2. The highest BCUT2D eigenvalue weighted by molar-refractivity contribution is 5.90. The number of fused-ring (bicyclic) bond motifs is 1. The van der Waals surface area contributed by atoms with Gasteiger partial charge in [0, 0.05) is 31.4 Å². The molecule has 40 heavy (non-hydrogen) atoms. The molecule has 2 saturated heterocycles. The number of aliphatic carboxylic acids is 2. The van der Waals surface area contributed by atoms with E-state index in [2.05, 4.69) is 26.3 Å². The molecule has 0 aromatic carbocycles. The Balaban J connectivity index is 0.000000333. The molecule has 2 aromatic heterocycles. The number of anilines is 1. The third kappa shape index (κ3) is 11.1. The normalized spacial score (nSPS) is 20.6. The van der Waals surface area contributed by atoms with Crippen molar-refractivity contribution in [1.29, 1.82) is 0 Å². The summed E-state index contributed by atoms with van der Waals surface area (Å²) in [6.45, 7) is 3.67. The Labute approximate surface area is 224 Å². The molecule has 0 aliphatic carbocycles. The Hall–Kier alpha value is -3.79. The number of alkyl halides is 6. The van der Waals surface area contributed by atoms with E-state index in [0.717, 1.165) is 44.0 Å². The summed E-state index contributed by atoms with van der Waals surface area (Å²) < 4.78 is 69.5. The summed E-state index contributed by atoms with van der Waals surface area (Å²) in [5.74, 6) is -4.54. The Morgan fingerprint density at radius 1 is 1.00 bits per heavy atom. The van der Waals surface area contributed by atoms with Gasteiger partial charge in [-0.2, -0.15) is 26.3 Å². The first kappa shape index (κ1) is 32.4. The maximum Gasteiger partial charge on any atom is 0.490 e. The van der Waals surface area contributed by atoms with Gasteiger partial charge in [0.1, 0.15) is 0 Å². The van der Waals surface area contributed by atoms with Crippen molar-refractivity contribution >= 4 is 23.5 Å². The summed E-state index contributed by atoms with van der Waals surface area (Å²) in [5.41, 5.74) is 1.84. The zero-order valence-electron chi connectivity index (χ0n) is 20.7. The molecule has 4 rings (SSSR count). The van der Waals surface area contributed by atoms with Crippen molar-refractivity contribution in [2.45, 2.75) is 37.8 Å². The van der Waals surface area contributed by atoms with E-state index >= 15 is 0 Å². The van der Waals surface area contributed by atoms with Crippen molar-refractivity contribution < 1.29 is 55.7 Å². The van der Waals surface area contributed by atoms with E-state index in [1.54, 1.807) is 12.4 Å². The summed E-state index contributed by atoms with van der Waals surface area (Å²) in [6, 6.07) is 9.71. The minimum Gasteiger partial charge on any atom is -0.475 e. The first-order valence-corrected chi connectivity index (χ1v) is 11.7. The van der Waals surface area contributed by atoms with Gasteiger partial charge in [-0.05, 0) is 43.1 Å². The molecule has 16 heteroatoms. The van der Waals surface area contributed by atoms with E-state index in [1.165, 1.54) is 0 Å². The second-order valence-electron chi connectivity index (χ2n) is 8.74. The molecule has 220 valence electrons. The van der Waals surface area contributed by atoms with Crippen molar-refractivity contribution in [3.05, 3.63) is 54.6 Å². The SMILES string of the molecule is O=C(C[C@@H]1OC[C@H]2CN(Cc3ccccn3)CC[C@H]21)Nc1cccnc1.O=C(O)C(F)(F)F.O=C(O)C(F)(F)F. The Morgan fingerprint density at radius 2 is 1.65 bits per heavy atom. The number of ether oxygens (including phenoxy) is 1. The number of rotatable bonds is 5. The van der Waals surface area contributed by atoms with Crippen LogP contribution in [0.4, 0.5) is 32.0 Å². The van der Waals surface area contributed by atoms with Gasteiger partial charge in [-0.15, -0.1) is 0 Å². The number of carbonyl (C=O) groups is 3. The smallest absolute Gasteiger partial charge is 0.475 e. The number of amides is 1. The van der Waals surface area contributed by atoms with Crippen LogP contribution in [0.2, 0.25) is 0 Å².